The van der Waals surface area contributed by atoms with E-state index in [9.17, 15) is 8.78 Å². The van der Waals surface area contributed by atoms with Gasteiger partial charge in [0.25, 0.3) is 0 Å². The van der Waals surface area contributed by atoms with Crippen LogP contribution >= 0.6 is 11.8 Å². The SMILES string of the molecule is Fc1ccc(OCC2CSCCN2)c(F)c1. The average molecular weight is 245 g/mol. The number of nitrogens with one attached hydrogen (secondary N) is 1. The summed E-state index contributed by atoms with van der Waals surface area (Å²) in [5.41, 5.74) is 0. The number of halogens is 2. The molecule has 1 aliphatic heterocycles. The highest BCUT2D eigenvalue weighted by Crippen LogP contribution is 2.18. The normalized spacial score (nSPS) is 20.8. The molecule has 1 N–H and O–H groups in total. The Kier molecular flexibility index (Phi) is 4.01. The summed E-state index contributed by atoms with van der Waals surface area (Å²) in [4.78, 5) is 0. The van der Waals surface area contributed by atoms with E-state index in [1.807, 2.05) is 11.8 Å². The summed E-state index contributed by atoms with van der Waals surface area (Å²) < 4.78 is 31.2. The molecule has 1 aromatic carbocycles. The molecule has 0 aromatic heterocycles. The molecule has 1 aliphatic rings. The average Bonchev–Trinajstić information content (AvgIpc) is 2.29. The van der Waals surface area contributed by atoms with Crippen LogP contribution < -0.4 is 10.1 Å². The lowest BCUT2D eigenvalue weighted by Gasteiger charge is -2.23. The first-order valence-corrected chi connectivity index (χ1v) is 6.30. The van der Waals surface area contributed by atoms with Crippen molar-refractivity contribution in [2.75, 3.05) is 24.7 Å². The maximum Gasteiger partial charge on any atom is 0.167 e. The molecule has 1 unspecified atom stereocenters. The molecule has 0 bridgehead atoms. The number of rotatable bonds is 3. The quantitative estimate of drug-likeness (QED) is 0.880. The fraction of sp³-hybridized carbons (Fsp3) is 0.455. The molecule has 16 heavy (non-hydrogen) atoms. The molecule has 1 saturated heterocycles. The molecule has 88 valence electrons. The summed E-state index contributed by atoms with van der Waals surface area (Å²) in [7, 11) is 0. The van der Waals surface area contributed by atoms with Gasteiger partial charge in [-0.3, -0.25) is 0 Å². The Morgan fingerprint density at radius 1 is 1.44 bits per heavy atom. The topological polar surface area (TPSA) is 21.3 Å². The number of hydrogen-bond acceptors (Lipinski definition) is 3. The molecule has 1 atom stereocenters. The van der Waals surface area contributed by atoms with Crippen LogP contribution in [0.15, 0.2) is 18.2 Å². The Morgan fingerprint density at radius 3 is 3.00 bits per heavy atom. The molecule has 0 aliphatic carbocycles. The fourth-order valence-corrected chi connectivity index (χ4v) is 2.44. The molecule has 5 heteroatoms. The largest absolute Gasteiger partial charge is 0.489 e. The predicted octanol–water partition coefficient (Wildman–Crippen LogP) is 2.05. The monoisotopic (exact) mass is 245 g/mol. The van der Waals surface area contributed by atoms with Crippen molar-refractivity contribution in [3.05, 3.63) is 29.8 Å². The highest BCUT2D eigenvalue weighted by molar-refractivity contribution is 7.99. The van der Waals surface area contributed by atoms with Gasteiger partial charge in [0.15, 0.2) is 11.6 Å². The summed E-state index contributed by atoms with van der Waals surface area (Å²) in [5, 5.41) is 3.28. The molecule has 1 fully saturated rings. The second kappa shape index (κ2) is 5.50. The van der Waals surface area contributed by atoms with E-state index in [-0.39, 0.29) is 11.8 Å². The molecule has 0 amide bonds. The van der Waals surface area contributed by atoms with Gasteiger partial charge < -0.3 is 10.1 Å². The van der Waals surface area contributed by atoms with Gasteiger partial charge in [0.2, 0.25) is 0 Å². The van der Waals surface area contributed by atoms with Crippen LogP contribution in [0.3, 0.4) is 0 Å². The summed E-state index contributed by atoms with van der Waals surface area (Å²) >= 11 is 1.85. The zero-order valence-electron chi connectivity index (χ0n) is 8.71. The first-order valence-electron chi connectivity index (χ1n) is 5.14. The highest BCUT2D eigenvalue weighted by Gasteiger charge is 2.14. The standard InChI is InChI=1S/C11H13F2NOS/c12-8-1-2-11(10(13)5-8)15-6-9-7-16-4-3-14-9/h1-2,5,9,14H,3-4,6-7H2. The summed E-state index contributed by atoms with van der Waals surface area (Å²) in [5.74, 6) is 0.933. The summed E-state index contributed by atoms with van der Waals surface area (Å²) in [6.45, 7) is 1.36. The highest BCUT2D eigenvalue weighted by atomic mass is 32.2. The van der Waals surface area contributed by atoms with E-state index in [1.54, 1.807) is 0 Å². The summed E-state index contributed by atoms with van der Waals surface area (Å²) in [6, 6.07) is 3.59. The minimum atomic E-state index is -0.650. The van der Waals surface area contributed by atoms with Gasteiger partial charge in [0.05, 0.1) is 6.04 Å². The fourth-order valence-electron chi connectivity index (χ4n) is 1.51. The van der Waals surface area contributed by atoms with E-state index in [4.69, 9.17) is 4.74 Å². The van der Waals surface area contributed by atoms with Gasteiger partial charge in [-0.25, -0.2) is 8.78 Å². The maximum atomic E-state index is 13.2. The van der Waals surface area contributed by atoms with E-state index in [0.717, 1.165) is 24.1 Å². The van der Waals surface area contributed by atoms with Gasteiger partial charge in [-0.1, -0.05) is 0 Å². The second-order valence-corrected chi connectivity index (χ2v) is 4.76. The third-order valence-corrected chi connectivity index (χ3v) is 3.46. The Morgan fingerprint density at radius 2 is 2.31 bits per heavy atom. The first-order chi connectivity index (χ1) is 7.75. The zero-order valence-corrected chi connectivity index (χ0v) is 9.53. The van der Waals surface area contributed by atoms with Crippen LogP contribution in [0.1, 0.15) is 0 Å². The Labute approximate surface area is 97.4 Å². The Bertz CT molecular complexity index is 356. The van der Waals surface area contributed by atoms with Gasteiger partial charge in [0.1, 0.15) is 12.4 Å². The molecule has 0 radical (unpaired) electrons. The van der Waals surface area contributed by atoms with Crippen LogP contribution in [0.25, 0.3) is 0 Å². The predicted molar refractivity (Wildman–Crippen MR) is 61.0 cm³/mol. The van der Waals surface area contributed by atoms with Crippen LogP contribution in [0, 0.1) is 11.6 Å². The van der Waals surface area contributed by atoms with E-state index in [1.165, 1.54) is 12.1 Å². The number of thioether (sulfide) groups is 1. The lowest BCUT2D eigenvalue weighted by molar-refractivity contribution is 0.263. The van der Waals surface area contributed by atoms with E-state index in [2.05, 4.69) is 5.32 Å². The third-order valence-electron chi connectivity index (χ3n) is 2.33. The van der Waals surface area contributed by atoms with Crippen molar-refractivity contribution in [1.29, 1.82) is 0 Å². The van der Waals surface area contributed by atoms with Crippen molar-refractivity contribution in [2.45, 2.75) is 6.04 Å². The minimum Gasteiger partial charge on any atom is -0.489 e. The second-order valence-electron chi connectivity index (χ2n) is 3.61. The minimum absolute atomic E-state index is 0.110. The smallest absolute Gasteiger partial charge is 0.167 e. The van der Waals surface area contributed by atoms with Gasteiger partial charge in [0, 0.05) is 24.1 Å². The van der Waals surface area contributed by atoms with Gasteiger partial charge in [-0.15, -0.1) is 0 Å². The molecular weight excluding hydrogens is 232 g/mol. The van der Waals surface area contributed by atoms with Gasteiger partial charge in [-0.2, -0.15) is 11.8 Å². The van der Waals surface area contributed by atoms with Crippen LogP contribution in [0.2, 0.25) is 0 Å². The zero-order chi connectivity index (χ0) is 11.4. The van der Waals surface area contributed by atoms with E-state index >= 15 is 0 Å². The lowest BCUT2D eigenvalue weighted by atomic mass is 10.3. The Balaban J connectivity index is 1.88. The summed E-state index contributed by atoms with van der Waals surface area (Å²) in [6.07, 6.45) is 0. The van der Waals surface area contributed by atoms with Crippen LogP contribution in [0.4, 0.5) is 8.78 Å². The maximum absolute atomic E-state index is 13.2. The van der Waals surface area contributed by atoms with Gasteiger partial charge in [-0.05, 0) is 12.1 Å². The number of ether oxygens (including phenoxy) is 1. The van der Waals surface area contributed by atoms with Crippen molar-refractivity contribution < 1.29 is 13.5 Å². The lowest BCUT2D eigenvalue weighted by Crippen LogP contribution is -2.41. The number of hydrogen-bond donors (Lipinski definition) is 1. The number of benzene rings is 1. The van der Waals surface area contributed by atoms with Crippen LogP contribution in [0.5, 0.6) is 5.75 Å². The molecule has 0 saturated carbocycles. The molecule has 0 spiro atoms. The van der Waals surface area contributed by atoms with Crippen molar-refractivity contribution in [1.82, 2.24) is 5.32 Å². The van der Waals surface area contributed by atoms with E-state index < -0.39 is 11.6 Å². The molecule has 1 heterocycles. The van der Waals surface area contributed by atoms with Crippen molar-refractivity contribution >= 4 is 11.8 Å². The van der Waals surface area contributed by atoms with Crippen molar-refractivity contribution in [3.63, 3.8) is 0 Å². The van der Waals surface area contributed by atoms with E-state index in [0.29, 0.717) is 6.61 Å². The van der Waals surface area contributed by atoms with Gasteiger partial charge >= 0.3 is 0 Å². The van der Waals surface area contributed by atoms with Crippen molar-refractivity contribution in [2.24, 2.45) is 0 Å². The molecular formula is C11H13F2NOS. The molecule has 2 nitrogen and oxygen atoms in total. The van der Waals surface area contributed by atoms with Crippen LogP contribution in [-0.4, -0.2) is 30.7 Å². The Hall–Kier alpha value is -0.810. The van der Waals surface area contributed by atoms with Crippen LogP contribution in [-0.2, 0) is 0 Å². The molecule has 1 aromatic rings. The third kappa shape index (κ3) is 3.09. The first kappa shape index (κ1) is 11.7. The molecule has 2 rings (SSSR count). The van der Waals surface area contributed by atoms with Crippen molar-refractivity contribution in [3.8, 4) is 5.75 Å².